The molecule has 0 radical (unpaired) electrons. The van der Waals surface area contributed by atoms with Crippen molar-refractivity contribution in [2.24, 2.45) is 5.92 Å². The molecule has 0 fully saturated rings. The highest BCUT2D eigenvalue weighted by Crippen LogP contribution is 2.11. The molecule has 0 amide bonds. The zero-order valence-corrected chi connectivity index (χ0v) is 11.1. The Labute approximate surface area is 98.7 Å². The van der Waals surface area contributed by atoms with Crippen LogP contribution in [0.3, 0.4) is 0 Å². The molecule has 0 aromatic carbocycles. The summed E-state index contributed by atoms with van der Waals surface area (Å²) in [6, 6.07) is 0.607. The van der Waals surface area contributed by atoms with E-state index in [0.717, 1.165) is 31.4 Å². The van der Waals surface area contributed by atoms with Gasteiger partial charge >= 0.3 is 0 Å². The van der Waals surface area contributed by atoms with E-state index in [1.165, 1.54) is 0 Å². The fourth-order valence-corrected chi connectivity index (χ4v) is 1.53. The van der Waals surface area contributed by atoms with Crippen molar-refractivity contribution in [2.75, 3.05) is 6.54 Å². The molecule has 2 rings (SSSR count). The SMILES string of the molecule is CC(C)C.CC(C)N1CCn2cnnc2C1. The van der Waals surface area contributed by atoms with Gasteiger partial charge in [-0.05, 0) is 19.8 Å². The van der Waals surface area contributed by atoms with Crippen LogP contribution in [-0.4, -0.2) is 32.3 Å². The van der Waals surface area contributed by atoms with Crippen molar-refractivity contribution >= 4 is 0 Å². The number of aromatic nitrogens is 3. The number of hydrogen-bond acceptors (Lipinski definition) is 3. The quantitative estimate of drug-likeness (QED) is 0.733. The highest BCUT2D eigenvalue weighted by atomic mass is 15.3. The van der Waals surface area contributed by atoms with Crippen LogP contribution in [0.4, 0.5) is 0 Å². The van der Waals surface area contributed by atoms with Crippen LogP contribution in [-0.2, 0) is 13.1 Å². The normalized spacial score (nSPS) is 15.9. The van der Waals surface area contributed by atoms with Gasteiger partial charge in [0, 0.05) is 19.1 Å². The van der Waals surface area contributed by atoms with Crippen LogP contribution in [0, 0.1) is 5.92 Å². The Morgan fingerprint density at radius 1 is 1.12 bits per heavy atom. The lowest BCUT2D eigenvalue weighted by Crippen LogP contribution is -2.38. The van der Waals surface area contributed by atoms with Crippen molar-refractivity contribution < 1.29 is 0 Å². The number of hydrogen-bond donors (Lipinski definition) is 0. The summed E-state index contributed by atoms with van der Waals surface area (Å²) < 4.78 is 2.12. The van der Waals surface area contributed by atoms with Gasteiger partial charge < -0.3 is 4.57 Å². The molecule has 1 aliphatic rings. The Morgan fingerprint density at radius 2 is 1.75 bits per heavy atom. The summed E-state index contributed by atoms with van der Waals surface area (Å²) in [5, 5.41) is 7.94. The first-order valence-corrected chi connectivity index (χ1v) is 6.11. The van der Waals surface area contributed by atoms with Gasteiger partial charge in [-0.1, -0.05) is 20.8 Å². The van der Waals surface area contributed by atoms with Crippen LogP contribution in [0.2, 0.25) is 0 Å². The molecule has 1 aromatic rings. The molecule has 1 aliphatic heterocycles. The second-order valence-corrected chi connectivity index (χ2v) is 5.24. The molecule has 0 atom stereocenters. The minimum atomic E-state index is 0.607. The monoisotopic (exact) mass is 224 g/mol. The second kappa shape index (κ2) is 5.99. The first-order chi connectivity index (χ1) is 7.50. The fraction of sp³-hybridized carbons (Fsp3) is 0.833. The molecule has 4 nitrogen and oxygen atoms in total. The van der Waals surface area contributed by atoms with Crippen LogP contribution < -0.4 is 0 Å². The molecule has 0 saturated carbocycles. The molecule has 0 bridgehead atoms. The zero-order chi connectivity index (χ0) is 12.1. The summed E-state index contributed by atoms with van der Waals surface area (Å²) >= 11 is 0. The van der Waals surface area contributed by atoms with E-state index >= 15 is 0 Å². The lowest BCUT2D eigenvalue weighted by molar-refractivity contribution is 0.173. The molecular weight excluding hydrogens is 200 g/mol. The summed E-state index contributed by atoms with van der Waals surface area (Å²) in [6.07, 6.45) is 1.81. The van der Waals surface area contributed by atoms with E-state index in [-0.39, 0.29) is 0 Å². The van der Waals surface area contributed by atoms with Crippen molar-refractivity contribution in [3.63, 3.8) is 0 Å². The smallest absolute Gasteiger partial charge is 0.147 e. The molecule has 0 N–H and O–H groups in total. The van der Waals surface area contributed by atoms with Gasteiger partial charge in [-0.2, -0.15) is 0 Å². The van der Waals surface area contributed by atoms with E-state index in [0.29, 0.717) is 6.04 Å². The lowest BCUT2D eigenvalue weighted by Gasteiger charge is -2.29. The van der Waals surface area contributed by atoms with Gasteiger partial charge in [0.25, 0.3) is 0 Å². The van der Waals surface area contributed by atoms with Crippen molar-refractivity contribution in [3.8, 4) is 0 Å². The van der Waals surface area contributed by atoms with Crippen molar-refractivity contribution in [2.45, 2.75) is 53.8 Å². The Balaban J connectivity index is 0.000000280. The van der Waals surface area contributed by atoms with Crippen molar-refractivity contribution in [3.05, 3.63) is 12.2 Å². The van der Waals surface area contributed by atoms with Crippen LogP contribution in [0.25, 0.3) is 0 Å². The molecule has 0 spiro atoms. The van der Waals surface area contributed by atoms with E-state index in [4.69, 9.17) is 0 Å². The number of rotatable bonds is 1. The van der Waals surface area contributed by atoms with E-state index in [1.807, 2.05) is 6.33 Å². The predicted octanol–water partition coefficient (Wildman–Crippen LogP) is 2.16. The van der Waals surface area contributed by atoms with Gasteiger partial charge in [0.1, 0.15) is 12.2 Å². The van der Waals surface area contributed by atoms with Gasteiger partial charge in [-0.25, -0.2) is 0 Å². The molecule has 0 aliphatic carbocycles. The van der Waals surface area contributed by atoms with E-state index < -0.39 is 0 Å². The Kier molecular flexibility index (Phi) is 4.93. The number of fused-ring (bicyclic) bond motifs is 1. The summed E-state index contributed by atoms with van der Waals surface area (Å²) in [4.78, 5) is 2.41. The predicted molar refractivity (Wildman–Crippen MR) is 66.1 cm³/mol. The van der Waals surface area contributed by atoms with Gasteiger partial charge in [0.15, 0.2) is 0 Å². The van der Waals surface area contributed by atoms with E-state index in [9.17, 15) is 0 Å². The Bertz CT molecular complexity index is 301. The van der Waals surface area contributed by atoms with Gasteiger partial charge in [0.2, 0.25) is 0 Å². The molecule has 2 heterocycles. The summed E-state index contributed by atoms with van der Waals surface area (Å²) in [6.45, 7) is 14.0. The average Bonchev–Trinajstić information content (AvgIpc) is 2.62. The van der Waals surface area contributed by atoms with Crippen LogP contribution in [0.5, 0.6) is 0 Å². The first-order valence-electron chi connectivity index (χ1n) is 6.11. The maximum absolute atomic E-state index is 4.06. The summed E-state index contributed by atoms with van der Waals surface area (Å²) in [5.41, 5.74) is 0. The summed E-state index contributed by atoms with van der Waals surface area (Å²) in [5.74, 6) is 1.93. The van der Waals surface area contributed by atoms with Crippen LogP contribution >= 0.6 is 0 Å². The second-order valence-electron chi connectivity index (χ2n) is 5.24. The fourth-order valence-electron chi connectivity index (χ4n) is 1.53. The van der Waals surface area contributed by atoms with Crippen LogP contribution in [0.15, 0.2) is 6.33 Å². The minimum Gasteiger partial charge on any atom is -0.315 e. The molecule has 92 valence electrons. The standard InChI is InChI=1S/C8H14N4.C4H10/c1-7(2)11-3-4-12-6-9-10-8(12)5-11;1-4(2)3/h6-7H,3-5H2,1-2H3;4H,1-3H3. The molecule has 4 heteroatoms. The molecule has 0 saturated heterocycles. The Hall–Kier alpha value is -0.900. The largest absolute Gasteiger partial charge is 0.315 e. The maximum atomic E-state index is 4.06. The third-order valence-corrected chi connectivity index (χ3v) is 2.40. The van der Waals surface area contributed by atoms with Crippen LogP contribution in [0.1, 0.15) is 40.4 Å². The summed E-state index contributed by atoms with van der Waals surface area (Å²) in [7, 11) is 0. The average molecular weight is 224 g/mol. The third-order valence-electron chi connectivity index (χ3n) is 2.40. The maximum Gasteiger partial charge on any atom is 0.147 e. The third kappa shape index (κ3) is 3.93. The van der Waals surface area contributed by atoms with E-state index in [1.54, 1.807) is 0 Å². The van der Waals surface area contributed by atoms with Crippen molar-refractivity contribution in [1.29, 1.82) is 0 Å². The van der Waals surface area contributed by atoms with Crippen molar-refractivity contribution in [1.82, 2.24) is 19.7 Å². The van der Waals surface area contributed by atoms with Gasteiger partial charge in [-0.3, -0.25) is 4.90 Å². The number of nitrogens with zero attached hydrogens (tertiary/aromatic N) is 4. The highest BCUT2D eigenvalue weighted by molar-refractivity contribution is 4.90. The van der Waals surface area contributed by atoms with Gasteiger partial charge in [-0.15, -0.1) is 10.2 Å². The molecule has 0 unspecified atom stereocenters. The lowest BCUT2D eigenvalue weighted by atomic mass is 10.2. The molecule has 1 aromatic heterocycles. The Morgan fingerprint density at radius 3 is 2.31 bits per heavy atom. The van der Waals surface area contributed by atoms with Gasteiger partial charge in [0.05, 0.1) is 6.54 Å². The molecule has 16 heavy (non-hydrogen) atoms. The first kappa shape index (κ1) is 13.2. The highest BCUT2D eigenvalue weighted by Gasteiger charge is 2.18. The minimum absolute atomic E-state index is 0.607. The molecular formula is C12H24N4. The van der Waals surface area contributed by atoms with E-state index in [2.05, 4.69) is 54.3 Å². The zero-order valence-electron chi connectivity index (χ0n) is 11.1. The topological polar surface area (TPSA) is 34.0 Å².